The Labute approximate surface area is 126 Å². The predicted octanol–water partition coefficient (Wildman–Crippen LogP) is 5.20. The van der Waals surface area contributed by atoms with Crippen molar-refractivity contribution in [2.45, 2.75) is 19.9 Å². The highest BCUT2D eigenvalue weighted by molar-refractivity contribution is 7.20. The summed E-state index contributed by atoms with van der Waals surface area (Å²) in [5.74, 6) is -0.241. The molecule has 1 atom stereocenters. The fourth-order valence-corrected chi connectivity index (χ4v) is 3.56. The first-order valence-electron chi connectivity index (χ1n) is 5.97. The molecule has 0 amide bonds. The molecule has 2 aromatic rings. The van der Waals surface area contributed by atoms with E-state index >= 15 is 0 Å². The van der Waals surface area contributed by atoms with Gasteiger partial charge in [0.05, 0.1) is 14.7 Å². The molecular formula is C14H14Cl2FNS. The van der Waals surface area contributed by atoms with Gasteiger partial charge in [-0.25, -0.2) is 4.39 Å². The number of hydrogen-bond donors (Lipinski definition) is 1. The third kappa shape index (κ3) is 3.29. The second kappa shape index (κ2) is 6.23. The van der Waals surface area contributed by atoms with Crippen molar-refractivity contribution in [3.05, 3.63) is 55.4 Å². The fourth-order valence-electron chi connectivity index (χ4n) is 2.03. The highest BCUT2D eigenvalue weighted by Gasteiger charge is 2.21. The van der Waals surface area contributed by atoms with Gasteiger partial charge in [0.25, 0.3) is 0 Å². The monoisotopic (exact) mass is 317 g/mol. The summed E-state index contributed by atoms with van der Waals surface area (Å²) in [5, 5.41) is 3.26. The van der Waals surface area contributed by atoms with E-state index in [2.05, 4.69) is 5.32 Å². The van der Waals surface area contributed by atoms with Crippen LogP contribution < -0.4 is 5.32 Å². The summed E-state index contributed by atoms with van der Waals surface area (Å²) in [4.78, 5) is 0. The van der Waals surface area contributed by atoms with Gasteiger partial charge in [0.2, 0.25) is 0 Å². The Morgan fingerprint density at radius 1 is 1.26 bits per heavy atom. The van der Waals surface area contributed by atoms with Gasteiger partial charge >= 0.3 is 0 Å². The van der Waals surface area contributed by atoms with Crippen molar-refractivity contribution in [2.24, 2.45) is 0 Å². The smallest absolute Gasteiger partial charge is 0.128 e. The molecule has 0 fully saturated rings. The van der Waals surface area contributed by atoms with Crippen LogP contribution in [-0.4, -0.2) is 6.54 Å². The average Bonchev–Trinajstić information content (AvgIpc) is 2.69. The quantitative estimate of drug-likeness (QED) is 0.817. The Balaban J connectivity index is 2.51. The van der Waals surface area contributed by atoms with Crippen LogP contribution in [0, 0.1) is 12.7 Å². The van der Waals surface area contributed by atoms with Gasteiger partial charge in [-0.15, -0.1) is 11.3 Å². The molecule has 102 valence electrons. The number of aryl methyl sites for hydroxylation is 1. The summed E-state index contributed by atoms with van der Waals surface area (Å²) >= 11 is 13.5. The van der Waals surface area contributed by atoms with Gasteiger partial charge in [-0.05, 0) is 25.6 Å². The summed E-state index contributed by atoms with van der Waals surface area (Å²) in [6, 6.07) is 6.59. The van der Waals surface area contributed by atoms with E-state index in [1.807, 2.05) is 19.9 Å². The highest BCUT2D eigenvalue weighted by Crippen LogP contribution is 2.38. The SMILES string of the molecule is CCNC(c1cc(C)ccc1F)c1cc(Cl)sc1Cl. The van der Waals surface area contributed by atoms with E-state index in [4.69, 9.17) is 23.2 Å². The predicted molar refractivity (Wildman–Crippen MR) is 81.0 cm³/mol. The second-order valence-electron chi connectivity index (χ2n) is 4.30. The fraction of sp³-hybridized carbons (Fsp3) is 0.286. The summed E-state index contributed by atoms with van der Waals surface area (Å²) in [5.41, 5.74) is 2.43. The number of halogens is 3. The Bertz CT molecular complexity index is 583. The van der Waals surface area contributed by atoms with Gasteiger partial charge in [-0.3, -0.25) is 0 Å². The summed E-state index contributed by atoms with van der Waals surface area (Å²) < 4.78 is 15.3. The van der Waals surface area contributed by atoms with Crippen LogP contribution in [0.1, 0.15) is 29.7 Å². The van der Waals surface area contributed by atoms with E-state index in [0.29, 0.717) is 20.8 Å². The number of rotatable bonds is 4. The maximum atomic E-state index is 14.1. The minimum absolute atomic E-state index is 0.241. The Kier molecular flexibility index (Phi) is 4.85. The normalized spacial score (nSPS) is 12.7. The Morgan fingerprint density at radius 2 is 2.00 bits per heavy atom. The number of hydrogen-bond acceptors (Lipinski definition) is 2. The molecule has 1 heterocycles. The first kappa shape index (κ1) is 14.8. The topological polar surface area (TPSA) is 12.0 Å². The van der Waals surface area contributed by atoms with E-state index in [0.717, 1.165) is 11.1 Å². The minimum Gasteiger partial charge on any atom is -0.306 e. The van der Waals surface area contributed by atoms with Crippen LogP contribution in [0.2, 0.25) is 8.67 Å². The van der Waals surface area contributed by atoms with Crippen LogP contribution in [0.15, 0.2) is 24.3 Å². The van der Waals surface area contributed by atoms with E-state index in [1.165, 1.54) is 17.4 Å². The summed E-state index contributed by atoms with van der Waals surface area (Å²) in [6.07, 6.45) is 0. The van der Waals surface area contributed by atoms with Crippen molar-refractivity contribution >= 4 is 34.5 Å². The summed E-state index contributed by atoms with van der Waals surface area (Å²) in [6.45, 7) is 4.62. The van der Waals surface area contributed by atoms with Gasteiger partial charge in [0, 0.05) is 11.1 Å². The third-order valence-electron chi connectivity index (χ3n) is 2.86. The number of nitrogens with one attached hydrogen (secondary N) is 1. The molecule has 1 nitrogen and oxygen atoms in total. The molecule has 0 bridgehead atoms. The molecular weight excluding hydrogens is 304 g/mol. The molecule has 1 unspecified atom stereocenters. The largest absolute Gasteiger partial charge is 0.306 e. The van der Waals surface area contributed by atoms with E-state index in [1.54, 1.807) is 12.1 Å². The highest BCUT2D eigenvalue weighted by atomic mass is 35.5. The van der Waals surface area contributed by atoms with Crippen LogP contribution in [0.3, 0.4) is 0 Å². The van der Waals surface area contributed by atoms with E-state index in [9.17, 15) is 4.39 Å². The molecule has 0 aliphatic heterocycles. The lowest BCUT2D eigenvalue weighted by Crippen LogP contribution is -2.23. The molecule has 2 rings (SSSR count). The number of benzene rings is 1. The second-order valence-corrected chi connectivity index (χ2v) is 6.58. The molecule has 0 radical (unpaired) electrons. The first-order valence-corrected chi connectivity index (χ1v) is 7.54. The average molecular weight is 318 g/mol. The molecule has 0 aliphatic carbocycles. The Morgan fingerprint density at radius 3 is 2.58 bits per heavy atom. The summed E-state index contributed by atoms with van der Waals surface area (Å²) in [7, 11) is 0. The lowest BCUT2D eigenvalue weighted by atomic mass is 9.99. The van der Waals surface area contributed by atoms with Crippen molar-refractivity contribution < 1.29 is 4.39 Å². The van der Waals surface area contributed by atoms with Gasteiger partial charge in [0.1, 0.15) is 5.82 Å². The third-order valence-corrected chi connectivity index (χ3v) is 4.38. The van der Waals surface area contributed by atoms with Crippen molar-refractivity contribution in [1.82, 2.24) is 5.32 Å². The molecule has 0 saturated carbocycles. The zero-order chi connectivity index (χ0) is 14.0. The van der Waals surface area contributed by atoms with Gasteiger partial charge in [-0.1, -0.05) is 47.8 Å². The van der Waals surface area contributed by atoms with Gasteiger partial charge in [0.15, 0.2) is 0 Å². The molecule has 1 aromatic carbocycles. The van der Waals surface area contributed by atoms with Crippen molar-refractivity contribution in [2.75, 3.05) is 6.54 Å². The van der Waals surface area contributed by atoms with Crippen LogP contribution >= 0.6 is 34.5 Å². The molecule has 0 spiro atoms. The van der Waals surface area contributed by atoms with Crippen LogP contribution in [0.5, 0.6) is 0 Å². The Hall–Kier alpha value is -0.610. The molecule has 19 heavy (non-hydrogen) atoms. The van der Waals surface area contributed by atoms with Crippen LogP contribution in [0.25, 0.3) is 0 Å². The maximum Gasteiger partial charge on any atom is 0.128 e. The lowest BCUT2D eigenvalue weighted by Gasteiger charge is -2.19. The van der Waals surface area contributed by atoms with Crippen LogP contribution in [-0.2, 0) is 0 Å². The minimum atomic E-state index is -0.277. The van der Waals surface area contributed by atoms with Crippen molar-refractivity contribution in [1.29, 1.82) is 0 Å². The van der Waals surface area contributed by atoms with Gasteiger partial charge < -0.3 is 5.32 Å². The van der Waals surface area contributed by atoms with Crippen LogP contribution in [0.4, 0.5) is 4.39 Å². The molecule has 1 aromatic heterocycles. The molecule has 0 aliphatic rings. The van der Waals surface area contributed by atoms with Crippen molar-refractivity contribution in [3.63, 3.8) is 0 Å². The first-order chi connectivity index (χ1) is 9.02. The molecule has 0 saturated heterocycles. The number of thiophene rings is 1. The van der Waals surface area contributed by atoms with Crippen molar-refractivity contribution in [3.8, 4) is 0 Å². The molecule has 1 N–H and O–H groups in total. The zero-order valence-corrected chi connectivity index (χ0v) is 13.0. The van der Waals surface area contributed by atoms with Gasteiger partial charge in [-0.2, -0.15) is 0 Å². The van der Waals surface area contributed by atoms with E-state index in [-0.39, 0.29) is 11.9 Å². The van der Waals surface area contributed by atoms with E-state index < -0.39 is 0 Å². The molecule has 5 heteroatoms. The lowest BCUT2D eigenvalue weighted by molar-refractivity contribution is 0.559. The standard InChI is InChI=1S/C14H14Cl2FNS/c1-3-18-13(10-7-12(15)19-14(10)16)9-6-8(2)4-5-11(9)17/h4-7,13,18H,3H2,1-2H3. The maximum absolute atomic E-state index is 14.1. The zero-order valence-electron chi connectivity index (χ0n) is 10.6.